The molecule has 2 saturated heterocycles. The first-order valence-electron chi connectivity index (χ1n) is 14.4. The fourth-order valence-electron chi connectivity index (χ4n) is 6.22. The molecule has 4 heterocycles. The Morgan fingerprint density at radius 3 is 2.44 bits per heavy atom. The van der Waals surface area contributed by atoms with Crippen LogP contribution in [0.1, 0.15) is 25.8 Å². The summed E-state index contributed by atoms with van der Waals surface area (Å²) in [5, 5.41) is 3.93. The van der Waals surface area contributed by atoms with Crippen molar-refractivity contribution >= 4 is 48.0 Å². The lowest BCUT2D eigenvalue weighted by Crippen LogP contribution is -2.56. The largest absolute Gasteiger partial charge is 0.351 e. The second kappa shape index (κ2) is 10.4. The normalized spacial score (nSPS) is 22.9. The van der Waals surface area contributed by atoms with Crippen molar-refractivity contribution in [2.45, 2.75) is 43.7 Å². The molecule has 3 atom stereocenters. The van der Waals surface area contributed by atoms with E-state index < -0.39 is 36.4 Å². The number of fused-ring (bicyclic) bond motifs is 1. The van der Waals surface area contributed by atoms with Gasteiger partial charge in [-0.3, -0.25) is 4.72 Å². The molecule has 1 aliphatic carbocycles. The first-order valence-corrected chi connectivity index (χ1v) is 18.5. The third-order valence-electron chi connectivity index (χ3n) is 8.86. The average Bonchev–Trinajstić information content (AvgIpc) is 3.26. The molecule has 45 heavy (non-hydrogen) atoms. The van der Waals surface area contributed by atoms with Crippen LogP contribution in [0, 0.1) is 30.4 Å². The maximum Gasteiger partial charge on any atom is 0.265 e. The summed E-state index contributed by atoms with van der Waals surface area (Å²) >= 11 is 1.34. The number of aryl methyl sites for hydroxylation is 1. The molecule has 1 saturated carbocycles. The number of sulfone groups is 1. The van der Waals surface area contributed by atoms with E-state index >= 15 is 4.39 Å². The van der Waals surface area contributed by atoms with Crippen LogP contribution in [0.4, 0.5) is 25.5 Å². The second-order valence-electron chi connectivity index (χ2n) is 12.4. The zero-order valence-corrected chi connectivity index (χ0v) is 27.0. The van der Waals surface area contributed by atoms with E-state index in [1.54, 1.807) is 12.3 Å². The Morgan fingerprint density at radius 2 is 1.78 bits per heavy atom. The van der Waals surface area contributed by atoms with E-state index in [1.165, 1.54) is 48.6 Å². The van der Waals surface area contributed by atoms with Gasteiger partial charge in [0.05, 0.1) is 33.5 Å². The molecule has 3 aliphatic rings. The van der Waals surface area contributed by atoms with Gasteiger partial charge in [0.25, 0.3) is 10.0 Å². The summed E-state index contributed by atoms with van der Waals surface area (Å²) in [5.41, 5.74) is 0.495. The lowest BCUT2D eigenvalue weighted by Gasteiger charge is -2.48. The van der Waals surface area contributed by atoms with Crippen LogP contribution in [0.5, 0.6) is 0 Å². The Balaban J connectivity index is 1.26. The van der Waals surface area contributed by atoms with Gasteiger partial charge in [0, 0.05) is 29.9 Å². The van der Waals surface area contributed by atoms with Crippen molar-refractivity contribution in [3.8, 4) is 21.8 Å². The quantitative estimate of drug-likeness (QED) is 0.262. The molecule has 10 nitrogen and oxygen atoms in total. The second-order valence-corrected chi connectivity index (χ2v) is 17.1. The topological polar surface area (TPSA) is 134 Å². The molecule has 0 radical (unpaired) electrons. The van der Waals surface area contributed by atoms with Gasteiger partial charge >= 0.3 is 0 Å². The summed E-state index contributed by atoms with van der Waals surface area (Å²) in [5.74, 6) is -1.09. The van der Waals surface area contributed by atoms with Crippen molar-refractivity contribution in [3.63, 3.8) is 0 Å². The molecule has 0 spiro atoms. The fourth-order valence-corrected chi connectivity index (χ4v) is 11.0. The molecular weight excluding hydrogens is 643 g/mol. The Bertz CT molecular complexity index is 2030. The van der Waals surface area contributed by atoms with E-state index in [9.17, 15) is 21.2 Å². The number of aromatic nitrogens is 3. The molecule has 0 unspecified atom stereocenters. The first-order chi connectivity index (χ1) is 21.2. The first kappa shape index (κ1) is 30.0. The van der Waals surface area contributed by atoms with Crippen LogP contribution in [0.2, 0.25) is 0 Å². The van der Waals surface area contributed by atoms with Crippen LogP contribution in [-0.2, 0) is 19.9 Å². The fraction of sp³-hybridized carbons (Fsp3) is 0.367. The van der Waals surface area contributed by atoms with Crippen molar-refractivity contribution in [2.75, 3.05) is 33.0 Å². The minimum atomic E-state index is -4.46. The number of benzene rings is 2. The lowest BCUT2D eigenvalue weighted by atomic mass is 9.90. The van der Waals surface area contributed by atoms with Crippen LogP contribution >= 0.6 is 11.3 Å². The number of halogens is 2. The summed E-state index contributed by atoms with van der Waals surface area (Å²) in [4.78, 5) is 16.0. The SMILES string of the molecule is Cc1cccc(F)c1S(=O)(=O)Nc1cccc(-c2nc(N3CCC3(C)C)sc2-c2ccnc(N[C@H]3[C@@H]4CS(=O)(=O)C[C@@H]43)n2)c1F. The predicted molar refractivity (Wildman–Crippen MR) is 170 cm³/mol. The minimum Gasteiger partial charge on any atom is -0.351 e. The highest BCUT2D eigenvalue weighted by Gasteiger charge is 2.59. The van der Waals surface area contributed by atoms with Crippen LogP contribution in [0.25, 0.3) is 21.8 Å². The van der Waals surface area contributed by atoms with Gasteiger partial charge in [-0.25, -0.2) is 40.6 Å². The molecule has 0 amide bonds. The highest BCUT2D eigenvalue weighted by Crippen LogP contribution is 2.49. The summed E-state index contributed by atoms with van der Waals surface area (Å²) in [6, 6.07) is 9.87. The van der Waals surface area contributed by atoms with E-state index in [1.807, 2.05) is 0 Å². The number of hydrogen-bond donors (Lipinski definition) is 2. The number of nitrogens with zero attached hydrogens (tertiary/aromatic N) is 4. The highest BCUT2D eigenvalue weighted by atomic mass is 32.2. The van der Waals surface area contributed by atoms with Gasteiger partial charge in [-0.2, -0.15) is 0 Å². The summed E-state index contributed by atoms with van der Waals surface area (Å²) in [7, 11) is -7.46. The van der Waals surface area contributed by atoms with Gasteiger partial charge in [-0.15, -0.1) is 0 Å². The number of hydrogen-bond acceptors (Lipinski definition) is 10. The minimum absolute atomic E-state index is 0.0256. The summed E-state index contributed by atoms with van der Waals surface area (Å²) < 4.78 is 83.2. The lowest BCUT2D eigenvalue weighted by molar-refractivity contribution is 0.332. The van der Waals surface area contributed by atoms with Gasteiger partial charge in [-0.05, 0) is 68.9 Å². The van der Waals surface area contributed by atoms with E-state index in [0.29, 0.717) is 21.7 Å². The Morgan fingerprint density at radius 1 is 1.04 bits per heavy atom. The van der Waals surface area contributed by atoms with Crippen molar-refractivity contribution in [2.24, 2.45) is 11.8 Å². The van der Waals surface area contributed by atoms with E-state index in [4.69, 9.17) is 9.97 Å². The molecule has 0 bridgehead atoms. The molecule has 4 aromatic rings. The average molecular weight is 673 g/mol. The third-order valence-corrected chi connectivity index (χ3v) is 13.3. The maximum absolute atomic E-state index is 16.2. The Kier molecular flexibility index (Phi) is 6.95. The molecule has 2 aromatic carbocycles. The van der Waals surface area contributed by atoms with Crippen LogP contribution in [-0.4, -0.2) is 61.4 Å². The van der Waals surface area contributed by atoms with Crippen molar-refractivity contribution < 1.29 is 25.6 Å². The van der Waals surface area contributed by atoms with Crippen LogP contribution in [0.3, 0.4) is 0 Å². The molecule has 2 aromatic heterocycles. The van der Waals surface area contributed by atoms with E-state index in [0.717, 1.165) is 19.0 Å². The summed E-state index contributed by atoms with van der Waals surface area (Å²) in [6.45, 7) is 6.43. The molecule has 7 rings (SSSR count). The number of thiazole rings is 1. The monoisotopic (exact) mass is 672 g/mol. The number of sulfonamides is 1. The molecule has 2 N–H and O–H groups in total. The van der Waals surface area contributed by atoms with Crippen LogP contribution in [0.15, 0.2) is 53.6 Å². The third kappa shape index (κ3) is 5.33. The molecule has 3 fully saturated rings. The number of nitrogens with one attached hydrogen (secondary N) is 2. The van der Waals surface area contributed by atoms with Crippen molar-refractivity contribution in [3.05, 3.63) is 65.9 Å². The zero-order valence-electron chi connectivity index (χ0n) is 24.6. The molecule has 15 heteroatoms. The maximum atomic E-state index is 16.2. The van der Waals surface area contributed by atoms with Gasteiger partial charge < -0.3 is 10.2 Å². The van der Waals surface area contributed by atoms with Gasteiger partial charge in [0.2, 0.25) is 5.95 Å². The smallest absolute Gasteiger partial charge is 0.265 e. The van der Waals surface area contributed by atoms with Crippen molar-refractivity contribution in [1.29, 1.82) is 0 Å². The van der Waals surface area contributed by atoms with Crippen molar-refractivity contribution in [1.82, 2.24) is 15.0 Å². The number of anilines is 3. The van der Waals surface area contributed by atoms with Gasteiger partial charge in [0.15, 0.2) is 20.8 Å². The number of rotatable bonds is 8. The summed E-state index contributed by atoms with van der Waals surface area (Å²) in [6.07, 6.45) is 2.54. The van der Waals surface area contributed by atoms with Gasteiger partial charge in [0.1, 0.15) is 10.7 Å². The van der Waals surface area contributed by atoms with Gasteiger partial charge in [-0.1, -0.05) is 29.5 Å². The zero-order chi connectivity index (χ0) is 31.9. The van der Waals surface area contributed by atoms with Crippen LogP contribution < -0.4 is 14.9 Å². The standard InChI is InChI=1S/C30H30F2N6O4S3/c1-16-6-4-8-20(31)27(16)45(41,42)37-21-9-5-7-17(23(21)32)25-26(43-29(36-25)38-13-11-30(38,2)3)22-10-12-33-28(34-22)35-24-18-14-44(39,40)15-19(18)24/h4-10,12,18-19,24,37H,11,13-15H2,1-3H3,(H,33,34,35)/t18-,19+,24+. The Labute approximate surface area is 263 Å². The predicted octanol–water partition coefficient (Wildman–Crippen LogP) is 5.10. The molecular formula is C30H30F2N6O4S3. The molecule has 2 aliphatic heterocycles. The Hall–Kier alpha value is -3.69. The van der Waals surface area contributed by atoms with E-state index in [2.05, 4.69) is 33.8 Å². The molecule has 236 valence electrons. The van der Waals surface area contributed by atoms with E-state index in [-0.39, 0.29) is 57.4 Å². The highest BCUT2D eigenvalue weighted by molar-refractivity contribution is 7.92.